The number of carbonyl (C=O) groups is 1. The molecule has 1 aromatic carbocycles. The molecule has 2 N–H and O–H groups in total. The SMILES string of the molecule is CC(C)(C)OO.O=C(O)c1ccccc1. The van der Waals surface area contributed by atoms with Crippen molar-refractivity contribution >= 4 is 5.97 Å². The van der Waals surface area contributed by atoms with E-state index in [1.54, 1.807) is 51.1 Å². The van der Waals surface area contributed by atoms with E-state index in [9.17, 15) is 4.79 Å². The zero-order valence-electron chi connectivity index (χ0n) is 9.10. The minimum atomic E-state index is -0.879. The largest absolute Gasteiger partial charge is 0.478 e. The van der Waals surface area contributed by atoms with E-state index in [0.717, 1.165) is 0 Å². The Morgan fingerprint density at radius 2 is 1.60 bits per heavy atom. The average molecular weight is 212 g/mol. The lowest BCUT2D eigenvalue weighted by Gasteiger charge is -2.10. The van der Waals surface area contributed by atoms with E-state index in [-0.39, 0.29) is 0 Å². The van der Waals surface area contributed by atoms with Crippen molar-refractivity contribution in [2.24, 2.45) is 0 Å². The molecule has 0 aromatic heterocycles. The molecule has 4 heteroatoms. The van der Waals surface area contributed by atoms with Crippen LogP contribution in [0.3, 0.4) is 0 Å². The standard InChI is InChI=1S/C7H6O2.C4H10O2/c8-7(9)6-4-2-1-3-5-6;1-4(2,3)6-5/h1-5H,(H,8,9);5H,1-3H3. The van der Waals surface area contributed by atoms with Gasteiger partial charge in [0.15, 0.2) is 0 Å². The second kappa shape index (κ2) is 6.16. The van der Waals surface area contributed by atoms with E-state index < -0.39 is 11.6 Å². The molecule has 4 nitrogen and oxygen atoms in total. The number of benzene rings is 1. The Kier molecular flexibility index (Phi) is 5.59. The lowest BCUT2D eigenvalue weighted by atomic mass is 10.2. The van der Waals surface area contributed by atoms with Crippen molar-refractivity contribution in [1.82, 2.24) is 0 Å². The lowest BCUT2D eigenvalue weighted by molar-refractivity contribution is -0.306. The van der Waals surface area contributed by atoms with Gasteiger partial charge in [0.2, 0.25) is 0 Å². The van der Waals surface area contributed by atoms with Gasteiger partial charge in [0.05, 0.1) is 11.2 Å². The second-order valence-electron chi connectivity index (χ2n) is 3.87. The fourth-order valence-electron chi connectivity index (χ4n) is 0.581. The Labute approximate surface area is 89.1 Å². The quantitative estimate of drug-likeness (QED) is 0.554. The molecule has 0 aliphatic rings. The number of carboxylic acid groups (broad SMARTS) is 1. The van der Waals surface area contributed by atoms with Crippen molar-refractivity contribution in [3.05, 3.63) is 35.9 Å². The number of carboxylic acids is 1. The number of aromatic carboxylic acids is 1. The van der Waals surface area contributed by atoms with Crippen molar-refractivity contribution in [3.63, 3.8) is 0 Å². The van der Waals surface area contributed by atoms with Gasteiger partial charge in [-0.25, -0.2) is 9.68 Å². The van der Waals surface area contributed by atoms with Gasteiger partial charge < -0.3 is 5.11 Å². The molecule has 0 radical (unpaired) electrons. The molecule has 0 spiro atoms. The Morgan fingerprint density at radius 1 is 1.20 bits per heavy atom. The Balaban J connectivity index is 0.000000288. The molecule has 0 saturated carbocycles. The van der Waals surface area contributed by atoms with Gasteiger partial charge in [-0.3, -0.25) is 5.26 Å². The molecule has 0 saturated heterocycles. The highest BCUT2D eigenvalue weighted by atomic mass is 17.1. The van der Waals surface area contributed by atoms with Gasteiger partial charge in [-0.1, -0.05) is 18.2 Å². The van der Waals surface area contributed by atoms with Crippen LogP contribution in [0.4, 0.5) is 0 Å². The van der Waals surface area contributed by atoms with E-state index in [1.165, 1.54) is 0 Å². The van der Waals surface area contributed by atoms with Crippen LogP contribution >= 0.6 is 0 Å². The van der Waals surface area contributed by atoms with Crippen molar-refractivity contribution in [1.29, 1.82) is 0 Å². The van der Waals surface area contributed by atoms with E-state index >= 15 is 0 Å². The van der Waals surface area contributed by atoms with Gasteiger partial charge in [-0.2, -0.15) is 0 Å². The highest BCUT2D eigenvalue weighted by Gasteiger charge is 2.07. The summed E-state index contributed by atoms with van der Waals surface area (Å²) in [7, 11) is 0. The lowest BCUT2D eigenvalue weighted by Crippen LogP contribution is -2.15. The molecule has 0 amide bonds. The summed E-state index contributed by atoms with van der Waals surface area (Å²) in [5.74, 6) is -0.879. The number of rotatable bonds is 1. The van der Waals surface area contributed by atoms with Crippen LogP contribution in [0.5, 0.6) is 0 Å². The molecule has 84 valence electrons. The Bertz CT molecular complexity index is 287. The molecule has 0 heterocycles. The number of hydrogen-bond donors (Lipinski definition) is 2. The molecule has 0 bridgehead atoms. The van der Waals surface area contributed by atoms with Crippen LogP contribution in [0.1, 0.15) is 31.1 Å². The van der Waals surface area contributed by atoms with Crippen LogP contribution in [0.2, 0.25) is 0 Å². The van der Waals surface area contributed by atoms with Crippen molar-refractivity contribution < 1.29 is 20.0 Å². The van der Waals surface area contributed by atoms with E-state index in [4.69, 9.17) is 10.4 Å². The summed E-state index contributed by atoms with van der Waals surface area (Å²) >= 11 is 0. The minimum absolute atomic E-state index is 0.331. The molecular weight excluding hydrogens is 196 g/mol. The highest BCUT2D eigenvalue weighted by Crippen LogP contribution is 2.01. The van der Waals surface area contributed by atoms with Crippen LogP contribution in [0.15, 0.2) is 30.3 Å². The van der Waals surface area contributed by atoms with E-state index in [2.05, 4.69) is 4.89 Å². The summed E-state index contributed by atoms with van der Waals surface area (Å²) in [6.07, 6.45) is 0. The first-order chi connectivity index (χ1) is 6.87. The van der Waals surface area contributed by atoms with Gasteiger partial charge in [-0.05, 0) is 32.9 Å². The summed E-state index contributed by atoms with van der Waals surface area (Å²) in [5, 5.41) is 16.3. The van der Waals surface area contributed by atoms with Crippen LogP contribution in [-0.4, -0.2) is 21.9 Å². The maximum Gasteiger partial charge on any atom is 0.335 e. The average Bonchev–Trinajstić information content (AvgIpc) is 2.19. The zero-order chi connectivity index (χ0) is 11.9. The number of hydrogen-bond acceptors (Lipinski definition) is 3. The minimum Gasteiger partial charge on any atom is -0.478 e. The molecular formula is C11H16O4. The van der Waals surface area contributed by atoms with E-state index in [1.807, 2.05) is 0 Å². The van der Waals surface area contributed by atoms with Crippen molar-refractivity contribution in [2.45, 2.75) is 26.4 Å². The summed E-state index contributed by atoms with van der Waals surface area (Å²) in [5.41, 5.74) is -0.0718. The highest BCUT2D eigenvalue weighted by molar-refractivity contribution is 5.87. The van der Waals surface area contributed by atoms with Crippen LogP contribution in [0, 0.1) is 0 Å². The molecule has 0 aliphatic carbocycles. The fourth-order valence-corrected chi connectivity index (χ4v) is 0.581. The summed E-state index contributed by atoms with van der Waals surface area (Å²) in [4.78, 5) is 14.1. The maximum absolute atomic E-state index is 10.2. The van der Waals surface area contributed by atoms with Gasteiger partial charge in [0.25, 0.3) is 0 Å². The molecule has 15 heavy (non-hydrogen) atoms. The first-order valence-corrected chi connectivity index (χ1v) is 4.48. The van der Waals surface area contributed by atoms with Crippen LogP contribution in [0.25, 0.3) is 0 Å². The molecule has 1 aromatic rings. The monoisotopic (exact) mass is 212 g/mol. The smallest absolute Gasteiger partial charge is 0.335 e. The molecule has 0 aliphatic heterocycles. The van der Waals surface area contributed by atoms with Gasteiger partial charge >= 0.3 is 5.97 Å². The normalized spacial score (nSPS) is 10.1. The topological polar surface area (TPSA) is 66.8 Å². The second-order valence-corrected chi connectivity index (χ2v) is 3.87. The van der Waals surface area contributed by atoms with Gasteiger partial charge in [0, 0.05) is 0 Å². The van der Waals surface area contributed by atoms with E-state index in [0.29, 0.717) is 5.56 Å². The fraction of sp³-hybridized carbons (Fsp3) is 0.364. The molecule has 0 fully saturated rings. The molecule has 1 rings (SSSR count). The Morgan fingerprint density at radius 3 is 1.80 bits per heavy atom. The third-order valence-electron chi connectivity index (χ3n) is 1.29. The Hall–Kier alpha value is -1.39. The van der Waals surface area contributed by atoms with Crippen molar-refractivity contribution in [3.8, 4) is 0 Å². The molecule has 0 atom stereocenters. The predicted molar refractivity (Wildman–Crippen MR) is 56.9 cm³/mol. The first-order valence-electron chi connectivity index (χ1n) is 4.48. The summed E-state index contributed by atoms with van der Waals surface area (Å²) in [6, 6.07) is 8.30. The predicted octanol–water partition coefficient (Wildman–Crippen LogP) is 2.66. The van der Waals surface area contributed by atoms with Crippen LogP contribution < -0.4 is 0 Å². The first kappa shape index (κ1) is 13.6. The molecule has 0 unspecified atom stereocenters. The summed E-state index contributed by atoms with van der Waals surface area (Å²) < 4.78 is 0. The van der Waals surface area contributed by atoms with Crippen molar-refractivity contribution in [2.75, 3.05) is 0 Å². The third-order valence-corrected chi connectivity index (χ3v) is 1.29. The van der Waals surface area contributed by atoms with Gasteiger partial charge in [-0.15, -0.1) is 0 Å². The zero-order valence-corrected chi connectivity index (χ0v) is 9.10. The van der Waals surface area contributed by atoms with Crippen LogP contribution in [-0.2, 0) is 4.89 Å². The summed E-state index contributed by atoms with van der Waals surface area (Å²) in [6.45, 7) is 5.31. The van der Waals surface area contributed by atoms with Gasteiger partial charge in [0.1, 0.15) is 0 Å². The maximum atomic E-state index is 10.2. The third kappa shape index (κ3) is 7.66.